The Kier molecular flexibility index (Phi) is 4.07. The van der Waals surface area contributed by atoms with E-state index in [-0.39, 0.29) is 0 Å². The van der Waals surface area contributed by atoms with Crippen molar-refractivity contribution in [3.8, 4) is 12.3 Å². The van der Waals surface area contributed by atoms with Gasteiger partial charge in [-0.1, -0.05) is 25.3 Å². The third-order valence-corrected chi connectivity index (χ3v) is 0.967. The van der Waals surface area contributed by atoms with Crippen molar-refractivity contribution in [3.05, 3.63) is 11.6 Å². The highest BCUT2D eigenvalue weighted by molar-refractivity contribution is 5.21. The number of rotatable bonds is 2. The van der Waals surface area contributed by atoms with Crippen LogP contribution in [0.1, 0.15) is 26.7 Å². The molecule has 0 unspecified atom stereocenters. The third kappa shape index (κ3) is 3.49. The Morgan fingerprint density at radius 1 is 1.75 bits per heavy atom. The summed E-state index contributed by atoms with van der Waals surface area (Å²) in [4.78, 5) is 0. The minimum Gasteiger partial charge on any atom is -0.115 e. The van der Waals surface area contributed by atoms with Crippen LogP contribution < -0.4 is 0 Å². The van der Waals surface area contributed by atoms with E-state index in [2.05, 4.69) is 18.9 Å². The van der Waals surface area contributed by atoms with E-state index in [1.54, 1.807) is 0 Å². The van der Waals surface area contributed by atoms with Crippen LogP contribution in [0.3, 0.4) is 0 Å². The summed E-state index contributed by atoms with van der Waals surface area (Å²) in [5, 5.41) is 0. The molecule has 0 aliphatic rings. The molecule has 0 aromatic carbocycles. The molecule has 0 N–H and O–H groups in total. The monoisotopic (exact) mass is 108 g/mol. The highest BCUT2D eigenvalue weighted by atomic mass is 13.8. The van der Waals surface area contributed by atoms with Crippen LogP contribution in [0.5, 0.6) is 0 Å². The SMILES string of the molecule is C#C/C(C)=C/CCC. The smallest absolute Gasteiger partial charge is 0.00533 e. The van der Waals surface area contributed by atoms with Gasteiger partial charge >= 0.3 is 0 Å². The molecule has 0 heterocycles. The Morgan fingerprint density at radius 2 is 2.38 bits per heavy atom. The quantitative estimate of drug-likeness (QED) is 0.476. The first-order valence-corrected chi connectivity index (χ1v) is 2.94. The maximum atomic E-state index is 5.09. The standard InChI is InChI=1S/C8H12/c1-4-6-7-8(3)5-2/h2,7H,4,6H2,1,3H3/b8-7+. The van der Waals surface area contributed by atoms with Crippen molar-refractivity contribution in [3.63, 3.8) is 0 Å². The van der Waals surface area contributed by atoms with Crippen molar-refractivity contribution in [2.24, 2.45) is 0 Å². The van der Waals surface area contributed by atoms with E-state index in [0.717, 1.165) is 12.0 Å². The van der Waals surface area contributed by atoms with Crippen LogP contribution in [0, 0.1) is 12.3 Å². The summed E-state index contributed by atoms with van der Waals surface area (Å²) in [6.45, 7) is 4.09. The van der Waals surface area contributed by atoms with E-state index in [1.165, 1.54) is 6.42 Å². The topological polar surface area (TPSA) is 0 Å². The van der Waals surface area contributed by atoms with Gasteiger partial charge in [-0.05, 0) is 18.9 Å². The van der Waals surface area contributed by atoms with Crippen molar-refractivity contribution in [1.29, 1.82) is 0 Å². The summed E-state index contributed by atoms with van der Waals surface area (Å²) in [5.74, 6) is 2.56. The van der Waals surface area contributed by atoms with Crippen LogP contribution in [0.15, 0.2) is 11.6 Å². The fraction of sp³-hybridized carbons (Fsp3) is 0.500. The predicted octanol–water partition coefficient (Wildman–Crippen LogP) is 2.37. The summed E-state index contributed by atoms with van der Waals surface area (Å²) >= 11 is 0. The lowest BCUT2D eigenvalue weighted by molar-refractivity contribution is 0.953. The van der Waals surface area contributed by atoms with Crippen LogP contribution in [0.25, 0.3) is 0 Å². The van der Waals surface area contributed by atoms with E-state index < -0.39 is 0 Å². The number of unbranched alkanes of at least 4 members (excludes halogenated alkanes) is 1. The van der Waals surface area contributed by atoms with Gasteiger partial charge in [0.1, 0.15) is 0 Å². The normalized spacial score (nSPS) is 10.9. The molecule has 0 spiro atoms. The van der Waals surface area contributed by atoms with Gasteiger partial charge in [-0.15, -0.1) is 6.42 Å². The van der Waals surface area contributed by atoms with Crippen molar-refractivity contribution in [2.75, 3.05) is 0 Å². The van der Waals surface area contributed by atoms with Crippen molar-refractivity contribution in [1.82, 2.24) is 0 Å². The highest BCUT2D eigenvalue weighted by Crippen LogP contribution is 1.94. The summed E-state index contributed by atoms with van der Waals surface area (Å²) in [5.41, 5.74) is 1.05. The summed E-state index contributed by atoms with van der Waals surface area (Å²) < 4.78 is 0. The molecule has 0 atom stereocenters. The highest BCUT2D eigenvalue weighted by Gasteiger charge is 1.76. The molecule has 0 nitrogen and oxygen atoms in total. The lowest BCUT2D eigenvalue weighted by atomic mass is 10.2. The number of allylic oxidation sites excluding steroid dienone is 2. The third-order valence-electron chi connectivity index (χ3n) is 0.967. The first-order chi connectivity index (χ1) is 3.81. The van der Waals surface area contributed by atoms with Crippen LogP contribution in [-0.2, 0) is 0 Å². The average Bonchev–Trinajstić information content (AvgIpc) is 1.83. The van der Waals surface area contributed by atoms with Gasteiger partial charge in [0.2, 0.25) is 0 Å². The fourth-order valence-corrected chi connectivity index (χ4v) is 0.420. The van der Waals surface area contributed by atoms with Crippen LogP contribution >= 0.6 is 0 Å². The molecule has 0 aliphatic heterocycles. The lowest BCUT2D eigenvalue weighted by Crippen LogP contribution is -1.67. The zero-order valence-electron chi connectivity index (χ0n) is 5.57. The minimum atomic E-state index is 1.05. The van der Waals surface area contributed by atoms with Crippen molar-refractivity contribution >= 4 is 0 Å². The molecule has 0 aromatic heterocycles. The Morgan fingerprint density at radius 3 is 2.75 bits per heavy atom. The first-order valence-electron chi connectivity index (χ1n) is 2.94. The van der Waals surface area contributed by atoms with Crippen LogP contribution in [0.2, 0.25) is 0 Å². The van der Waals surface area contributed by atoms with E-state index in [1.807, 2.05) is 6.92 Å². The second kappa shape index (κ2) is 4.46. The van der Waals surface area contributed by atoms with Gasteiger partial charge in [0.05, 0.1) is 0 Å². The molecule has 0 aliphatic carbocycles. The molecule has 0 bridgehead atoms. The van der Waals surface area contributed by atoms with Crippen LogP contribution in [0.4, 0.5) is 0 Å². The molecule has 0 saturated carbocycles. The molecular formula is C8H12. The van der Waals surface area contributed by atoms with E-state index in [4.69, 9.17) is 6.42 Å². The number of terminal acetylenes is 1. The molecule has 0 rings (SSSR count). The lowest BCUT2D eigenvalue weighted by Gasteiger charge is -1.84. The fourth-order valence-electron chi connectivity index (χ4n) is 0.420. The molecule has 0 heteroatoms. The van der Waals surface area contributed by atoms with Gasteiger partial charge in [-0.2, -0.15) is 0 Å². The molecule has 8 heavy (non-hydrogen) atoms. The van der Waals surface area contributed by atoms with Gasteiger partial charge in [0.25, 0.3) is 0 Å². The van der Waals surface area contributed by atoms with Crippen molar-refractivity contribution < 1.29 is 0 Å². The zero-order chi connectivity index (χ0) is 6.41. The number of hydrogen-bond donors (Lipinski definition) is 0. The summed E-state index contributed by atoms with van der Waals surface area (Å²) in [6, 6.07) is 0. The molecule has 0 aromatic rings. The summed E-state index contributed by atoms with van der Waals surface area (Å²) in [6.07, 6.45) is 9.46. The van der Waals surface area contributed by atoms with E-state index in [9.17, 15) is 0 Å². The minimum absolute atomic E-state index is 1.05. The Balaban J connectivity index is 3.46. The van der Waals surface area contributed by atoms with Crippen LogP contribution in [-0.4, -0.2) is 0 Å². The van der Waals surface area contributed by atoms with E-state index >= 15 is 0 Å². The molecule has 0 fully saturated rings. The second-order valence-corrected chi connectivity index (χ2v) is 1.82. The van der Waals surface area contributed by atoms with Crippen molar-refractivity contribution in [2.45, 2.75) is 26.7 Å². The molecule has 0 saturated heterocycles. The Labute approximate surface area is 51.6 Å². The maximum absolute atomic E-state index is 5.09. The second-order valence-electron chi connectivity index (χ2n) is 1.82. The van der Waals surface area contributed by atoms with Gasteiger partial charge in [0, 0.05) is 0 Å². The zero-order valence-corrected chi connectivity index (χ0v) is 5.57. The van der Waals surface area contributed by atoms with Gasteiger partial charge in [0.15, 0.2) is 0 Å². The Hall–Kier alpha value is -0.700. The summed E-state index contributed by atoms with van der Waals surface area (Å²) in [7, 11) is 0. The number of hydrogen-bond acceptors (Lipinski definition) is 0. The molecule has 44 valence electrons. The predicted molar refractivity (Wildman–Crippen MR) is 37.5 cm³/mol. The maximum Gasteiger partial charge on any atom is -0.00533 e. The van der Waals surface area contributed by atoms with Gasteiger partial charge in [-0.3, -0.25) is 0 Å². The average molecular weight is 108 g/mol. The largest absolute Gasteiger partial charge is 0.115 e. The Bertz CT molecular complexity index is 112. The molecule has 0 amide bonds. The molecule has 0 radical (unpaired) electrons. The van der Waals surface area contributed by atoms with Gasteiger partial charge in [-0.25, -0.2) is 0 Å². The molecular weight excluding hydrogens is 96.1 g/mol. The first kappa shape index (κ1) is 7.30. The van der Waals surface area contributed by atoms with Gasteiger partial charge < -0.3 is 0 Å². The van der Waals surface area contributed by atoms with E-state index in [0.29, 0.717) is 0 Å².